The van der Waals surface area contributed by atoms with E-state index in [1.165, 1.54) is 0 Å². The van der Waals surface area contributed by atoms with Gasteiger partial charge in [0.2, 0.25) is 0 Å². The highest BCUT2D eigenvalue weighted by molar-refractivity contribution is 7.90. The molecule has 1 heterocycles. The number of sulfonamides is 2. The second-order valence-electron chi connectivity index (χ2n) is 9.68. The maximum atomic E-state index is 14.3. The van der Waals surface area contributed by atoms with Crippen molar-refractivity contribution >= 4 is 31.9 Å². The van der Waals surface area contributed by atoms with Gasteiger partial charge in [-0.05, 0) is 59.7 Å². The Hall–Kier alpha value is -4.68. The fourth-order valence-corrected chi connectivity index (χ4v) is 7.98. The van der Waals surface area contributed by atoms with Crippen molar-refractivity contribution in [3.05, 3.63) is 120 Å². The highest BCUT2D eigenvalue weighted by Gasteiger charge is 2.55. The van der Waals surface area contributed by atoms with Crippen molar-refractivity contribution in [3.63, 3.8) is 0 Å². The number of aromatic hydroxyl groups is 2. The predicted molar refractivity (Wildman–Crippen MR) is 152 cm³/mol. The van der Waals surface area contributed by atoms with Gasteiger partial charge in [-0.1, -0.05) is 60.7 Å². The highest BCUT2D eigenvalue weighted by Crippen LogP contribution is 2.34. The summed E-state index contributed by atoms with van der Waals surface area (Å²) < 4.78 is 56.9. The SMILES string of the molecule is O=C1C(Cc2ccccc2)N(S(=O)(=O)c2ccc(O)cc2)C(=O)C(Cc2ccccc2)N1S(=O)(=O)c1ccc(O)cc1. The summed E-state index contributed by atoms with van der Waals surface area (Å²) in [4.78, 5) is 27.9. The van der Waals surface area contributed by atoms with Gasteiger partial charge in [0.15, 0.2) is 0 Å². The molecule has 0 radical (unpaired) electrons. The standard InChI is InChI=1S/C30H26N2O8S2/c33-23-11-15-25(16-12-23)41(37,38)31-27(19-21-7-3-1-4-8-21)29(35)32(42(39,40)26-17-13-24(34)14-18-26)28(30(31)36)20-22-9-5-2-6-10-22/h1-18,27-28,33-34H,19-20H2. The fraction of sp³-hybridized carbons (Fsp3) is 0.133. The summed E-state index contributed by atoms with van der Waals surface area (Å²) >= 11 is 0. The van der Waals surface area contributed by atoms with Gasteiger partial charge < -0.3 is 10.2 Å². The molecule has 2 N–H and O–H groups in total. The number of phenols is 2. The number of rotatable bonds is 8. The van der Waals surface area contributed by atoms with Crippen LogP contribution in [-0.2, 0) is 42.5 Å². The van der Waals surface area contributed by atoms with Crippen molar-refractivity contribution in [1.29, 1.82) is 0 Å². The Morgan fingerprint density at radius 3 is 1.12 bits per heavy atom. The lowest BCUT2D eigenvalue weighted by molar-refractivity contribution is -0.150. The first-order valence-corrected chi connectivity index (χ1v) is 15.7. The summed E-state index contributed by atoms with van der Waals surface area (Å²) in [5.41, 5.74) is 0.996. The fourth-order valence-electron chi connectivity index (χ4n) is 4.85. The van der Waals surface area contributed by atoms with E-state index in [1.54, 1.807) is 60.7 Å². The van der Waals surface area contributed by atoms with E-state index in [-0.39, 0.29) is 34.1 Å². The van der Waals surface area contributed by atoms with E-state index in [1.807, 2.05) is 0 Å². The van der Waals surface area contributed by atoms with Crippen LogP contribution in [0.4, 0.5) is 0 Å². The van der Waals surface area contributed by atoms with Gasteiger partial charge in [-0.2, -0.15) is 0 Å². The van der Waals surface area contributed by atoms with Gasteiger partial charge >= 0.3 is 0 Å². The molecule has 1 aliphatic heterocycles. The van der Waals surface area contributed by atoms with Crippen LogP contribution in [0.1, 0.15) is 11.1 Å². The molecule has 4 aromatic rings. The van der Waals surface area contributed by atoms with E-state index >= 15 is 0 Å². The number of carbonyl (C=O) groups is 2. The lowest BCUT2D eigenvalue weighted by atomic mass is 9.98. The van der Waals surface area contributed by atoms with Crippen LogP contribution in [0, 0.1) is 0 Å². The molecule has 1 aliphatic rings. The largest absolute Gasteiger partial charge is 0.508 e. The first-order chi connectivity index (χ1) is 20.0. The second-order valence-corrected chi connectivity index (χ2v) is 13.3. The van der Waals surface area contributed by atoms with E-state index in [9.17, 15) is 36.6 Å². The Morgan fingerprint density at radius 2 is 0.810 bits per heavy atom. The van der Waals surface area contributed by atoms with Gasteiger partial charge in [-0.15, -0.1) is 0 Å². The normalized spacial score (nSPS) is 17.8. The Morgan fingerprint density at radius 1 is 0.500 bits per heavy atom. The number of hydrogen-bond donors (Lipinski definition) is 2. The van der Waals surface area contributed by atoms with Crippen LogP contribution in [-0.4, -0.2) is 59.6 Å². The minimum atomic E-state index is -4.70. The summed E-state index contributed by atoms with van der Waals surface area (Å²) in [6.45, 7) is 0. The molecule has 2 amide bonds. The van der Waals surface area contributed by atoms with Gasteiger partial charge in [0.1, 0.15) is 23.6 Å². The molecule has 0 spiro atoms. The van der Waals surface area contributed by atoms with Crippen molar-refractivity contribution in [2.24, 2.45) is 0 Å². The number of hydrogen-bond acceptors (Lipinski definition) is 8. The average molecular weight is 607 g/mol. The van der Waals surface area contributed by atoms with Gasteiger partial charge in [0, 0.05) is 12.8 Å². The predicted octanol–water partition coefficient (Wildman–Crippen LogP) is 3.07. The number of amides is 2. The Balaban J connectivity index is 1.70. The molecule has 0 bridgehead atoms. The second kappa shape index (κ2) is 11.3. The maximum absolute atomic E-state index is 14.3. The average Bonchev–Trinajstić information content (AvgIpc) is 2.97. The van der Waals surface area contributed by atoms with Crippen molar-refractivity contribution in [2.75, 3.05) is 0 Å². The van der Waals surface area contributed by atoms with Gasteiger partial charge in [-0.3, -0.25) is 9.59 Å². The lowest BCUT2D eigenvalue weighted by Crippen LogP contribution is -2.68. The minimum absolute atomic E-state index is 0.205. The molecule has 2 unspecified atom stereocenters. The zero-order chi connectivity index (χ0) is 30.1. The van der Waals surface area contributed by atoms with E-state index in [0.29, 0.717) is 19.7 Å². The van der Waals surface area contributed by atoms with Gasteiger partial charge in [-0.25, -0.2) is 25.4 Å². The van der Waals surface area contributed by atoms with Crippen molar-refractivity contribution < 1.29 is 36.6 Å². The summed E-state index contributed by atoms with van der Waals surface area (Å²) in [5, 5.41) is 19.4. The molecule has 216 valence electrons. The third-order valence-corrected chi connectivity index (χ3v) is 10.5. The van der Waals surface area contributed by atoms with Crippen LogP contribution in [0.5, 0.6) is 11.5 Å². The Kier molecular flexibility index (Phi) is 7.76. The van der Waals surface area contributed by atoms with Crippen molar-refractivity contribution in [1.82, 2.24) is 8.61 Å². The lowest BCUT2D eigenvalue weighted by Gasteiger charge is -2.43. The third-order valence-electron chi connectivity index (χ3n) is 6.90. The zero-order valence-corrected chi connectivity index (χ0v) is 23.6. The van der Waals surface area contributed by atoms with E-state index in [2.05, 4.69) is 0 Å². The van der Waals surface area contributed by atoms with Crippen LogP contribution < -0.4 is 0 Å². The molecule has 12 heteroatoms. The summed E-state index contributed by atoms with van der Waals surface area (Å²) in [7, 11) is -9.39. The van der Waals surface area contributed by atoms with Crippen LogP contribution >= 0.6 is 0 Å². The Bertz CT molecular complexity index is 1680. The third kappa shape index (κ3) is 5.46. The smallest absolute Gasteiger partial charge is 0.267 e. The number of nitrogens with zero attached hydrogens (tertiary/aromatic N) is 2. The topological polar surface area (TPSA) is 149 Å². The van der Waals surface area contributed by atoms with Gasteiger partial charge in [0.25, 0.3) is 31.9 Å². The molecule has 0 aliphatic carbocycles. The molecule has 42 heavy (non-hydrogen) atoms. The first kappa shape index (κ1) is 28.8. The monoisotopic (exact) mass is 606 g/mol. The van der Waals surface area contributed by atoms with Gasteiger partial charge in [0.05, 0.1) is 9.79 Å². The van der Waals surface area contributed by atoms with Crippen LogP contribution in [0.3, 0.4) is 0 Å². The van der Waals surface area contributed by atoms with Crippen molar-refractivity contribution in [2.45, 2.75) is 34.7 Å². The summed E-state index contributed by atoms with van der Waals surface area (Å²) in [6.07, 6.45) is -0.579. The van der Waals surface area contributed by atoms with Crippen LogP contribution in [0.15, 0.2) is 119 Å². The molecule has 2 atom stereocenters. The summed E-state index contributed by atoms with van der Waals surface area (Å²) in [5.74, 6) is -2.61. The molecule has 1 fully saturated rings. The number of benzene rings is 4. The van der Waals surface area contributed by atoms with Crippen LogP contribution in [0.25, 0.3) is 0 Å². The molecular weight excluding hydrogens is 580 g/mol. The Labute approximate surface area is 243 Å². The van der Waals surface area contributed by atoms with E-state index < -0.39 is 43.9 Å². The molecule has 4 aromatic carbocycles. The highest BCUT2D eigenvalue weighted by atomic mass is 32.2. The molecule has 0 saturated carbocycles. The number of phenolic OH excluding ortho intramolecular Hbond substituents is 2. The van der Waals surface area contributed by atoms with Crippen LogP contribution in [0.2, 0.25) is 0 Å². The zero-order valence-electron chi connectivity index (χ0n) is 22.0. The quantitative estimate of drug-likeness (QED) is 0.311. The molecule has 5 rings (SSSR count). The van der Waals surface area contributed by atoms with Crippen molar-refractivity contribution in [3.8, 4) is 11.5 Å². The van der Waals surface area contributed by atoms with E-state index in [0.717, 1.165) is 48.5 Å². The minimum Gasteiger partial charge on any atom is -0.508 e. The molecule has 0 aromatic heterocycles. The van der Waals surface area contributed by atoms with E-state index in [4.69, 9.17) is 0 Å². The number of piperazine rings is 1. The summed E-state index contributed by atoms with van der Waals surface area (Å²) in [6, 6.07) is 22.2. The first-order valence-electron chi connectivity index (χ1n) is 12.8. The maximum Gasteiger partial charge on any atom is 0.267 e. The molecule has 1 saturated heterocycles. The molecule has 10 nitrogen and oxygen atoms in total. The molecular formula is C30H26N2O8S2. The number of carbonyl (C=O) groups excluding carboxylic acids is 2.